The van der Waals surface area contributed by atoms with Gasteiger partial charge in [-0.25, -0.2) is 0 Å². The Labute approximate surface area is 117 Å². The molecule has 0 bridgehead atoms. The van der Waals surface area contributed by atoms with E-state index >= 15 is 0 Å². The second-order valence-corrected chi connectivity index (χ2v) is 7.03. The molecular formula is C13H20N2OS2. The Morgan fingerprint density at radius 2 is 2.22 bits per heavy atom. The van der Waals surface area contributed by atoms with Crippen LogP contribution in [0.2, 0.25) is 0 Å². The van der Waals surface area contributed by atoms with Crippen LogP contribution in [0.25, 0.3) is 0 Å². The standard InChI is InChI=1S/C13H20N2OS2/c1-17-13(6-3-2-4-7-13)9-15-12(16)11-10(14)5-8-18-11/h5,8H,2-4,6-7,9,14H2,1H3,(H,15,16). The van der Waals surface area contributed by atoms with Crippen molar-refractivity contribution in [1.82, 2.24) is 5.32 Å². The third-order valence-electron chi connectivity index (χ3n) is 3.67. The molecule has 1 heterocycles. The summed E-state index contributed by atoms with van der Waals surface area (Å²) >= 11 is 3.30. The van der Waals surface area contributed by atoms with E-state index in [1.807, 2.05) is 17.1 Å². The summed E-state index contributed by atoms with van der Waals surface area (Å²) in [4.78, 5) is 12.7. The summed E-state index contributed by atoms with van der Waals surface area (Å²) < 4.78 is 0.236. The van der Waals surface area contributed by atoms with Crippen LogP contribution in [0.1, 0.15) is 41.8 Å². The lowest BCUT2D eigenvalue weighted by Gasteiger charge is -2.35. The number of anilines is 1. The van der Waals surface area contributed by atoms with Crippen molar-refractivity contribution in [3.05, 3.63) is 16.3 Å². The summed E-state index contributed by atoms with van der Waals surface area (Å²) in [6.45, 7) is 0.754. The third kappa shape index (κ3) is 3.01. The highest BCUT2D eigenvalue weighted by Gasteiger charge is 2.31. The van der Waals surface area contributed by atoms with Gasteiger partial charge in [0.15, 0.2) is 0 Å². The number of carbonyl (C=O) groups excluding carboxylic acids is 1. The van der Waals surface area contributed by atoms with Crippen LogP contribution in [-0.4, -0.2) is 23.5 Å². The van der Waals surface area contributed by atoms with Crippen LogP contribution >= 0.6 is 23.1 Å². The maximum Gasteiger partial charge on any atom is 0.263 e. The van der Waals surface area contributed by atoms with Crippen molar-refractivity contribution in [2.24, 2.45) is 0 Å². The first-order valence-electron chi connectivity index (χ1n) is 6.33. The first-order chi connectivity index (χ1) is 8.67. The molecule has 0 spiro atoms. The minimum absolute atomic E-state index is 0.0264. The van der Waals surface area contributed by atoms with E-state index in [1.54, 1.807) is 6.07 Å². The number of carbonyl (C=O) groups is 1. The molecule has 0 atom stereocenters. The van der Waals surface area contributed by atoms with Crippen molar-refractivity contribution in [3.8, 4) is 0 Å². The number of thioether (sulfide) groups is 1. The number of nitrogens with two attached hydrogens (primary N) is 1. The quantitative estimate of drug-likeness (QED) is 0.893. The Kier molecular flexibility index (Phi) is 4.56. The molecule has 2 rings (SSSR count). The number of hydrogen-bond acceptors (Lipinski definition) is 4. The van der Waals surface area contributed by atoms with Gasteiger partial charge in [0.25, 0.3) is 5.91 Å². The van der Waals surface area contributed by atoms with Crippen LogP contribution in [0.3, 0.4) is 0 Å². The van der Waals surface area contributed by atoms with Crippen LogP contribution in [0.4, 0.5) is 5.69 Å². The van der Waals surface area contributed by atoms with Crippen molar-refractivity contribution < 1.29 is 4.79 Å². The Hall–Kier alpha value is -0.680. The SMILES string of the molecule is CSC1(CNC(=O)c2sccc2N)CCCCC1. The molecule has 1 fully saturated rings. The predicted molar refractivity (Wildman–Crippen MR) is 80.4 cm³/mol. The lowest BCUT2D eigenvalue weighted by molar-refractivity contribution is 0.0952. The number of nitrogens with one attached hydrogen (secondary N) is 1. The number of amides is 1. The molecule has 0 saturated heterocycles. The Morgan fingerprint density at radius 3 is 2.78 bits per heavy atom. The fourth-order valence-corrected chi connectivity index (χ4v) is 4.12. The molecule has 0 aromatic carbocycles. The molecule has 100 valence electrons. The normalized spacial score (nSPS) is 18.5. The smallest absolute Gasteiger partial charge is 0.263 e. The van der Waals surface area contributed by atoms with Gasteiger partial charge in [-0.2, -0.15) is 11.8 Å². The van der Waals surface area contributed by atoms with E-state index in [4.69, 9.17) is 5.73 Å². The Bertz CT molecular complexity index is 411. The molecule has 0 radical (unpaired) electrons. The first-order valence-corrected chi connectivity index (χ1v) is 8.44. The van der Waals surface area contributed by atoms with Crippen molar-refractivity contribution in [3.63, 3.8) is 0 Å². The summed E-state index contributed by atoms with van der Waals surface area (Å²) in [5.41, 5.74) is 6.34. The molecular weight excluding hydrogens is 264 g/mol. The topological polar surface area (TPSA) is 55.1 Å². The van der Waals surface area contributed by atoms with Crippen molar-refractivity contribution in [2.75, 3.05) is 18.5 Å². The fraction of sp³-hybridized carbons (Fsp3) is 0.615. The zero-order valence-corrected chi connectivity index (χ0v) is 12.3. The number of nitrogen functional groups attached to an aromatic ring is 1. The van der Waals surface area contributed by atoms with Gasteiger partial charge in [0.05, 0.1) is 5.69 Å². The molecule has 0 aliphatic heterocycles. The molecule has 1 aromatic heterocycles. The minimum Gasteiger partial charge on any atom is -0.397 e. The lowest BCUT2D eigenvalue weighted by atomic mass is 9.88. The highest BCUT2D eigenvalue weighted by Crippen LogP contribution is 2.38. The third-order valence-corrected chi connectivity index (χ3v) is 6.02. The summed E-state index contributed by atoms with van der Waals surface area (Å²) in [5, 5.41) is 4.91. The minimum atomic E-state index is -0.0264. The van der Waals surface area contributed by atoms with E-state index < -0.39 is 0 Å². The molecule has 3 nitrogen and oxygen atoms in total. The van der Waals surface area contributed by atoms with Crippen LogP contribution in [0.15, 0.2) is 11.4 Å². The van der Waals surface area contributed by atoms with Gasteiger partial charge >= 0.3 is 0 Å². The largest absolute Gasteiger partial charge is 0.397 e. The van der Waals surface area contributed by atoms with Crippen LogP contribution in [0, 0.1) is 0 Å². The van der Waals surface area contributed by atoms with Crippen LogP contribution in [0.5, 0.6) is 0 Å². The van der Waals surface area contributed by atoms with Gasteiger partial charge in [-0.3, -0.25) is 4.79 Å². The molecule has 1 aromatic rings. The first kappa shape index (κ1) is 13.7. The van der Waals surface area contributed by atoms with Gasteiger partial charge < -0.3 is 11.1 Å². The maximum atomic E-state index is 12.0. The predicted octanol–water partition coefficient (Wildman–Crippen LogP) is 3.13. The molecule has 1 aliphatic rings. The zero-order chi connectivity index (χ0) is 13.0. The average Bonchev–Trinajstić information content (AvgIpc) is 2.83. The van der Waals surface area contributed by atoms with Crippen LogP contribution in [-0.2, 0) is 0 Å². The summed E-state index contributed by atoms with van der Waals surface area (Å²) in [7, 11) is 0. The second kappa shape index (κ2) is 5.97. The Morgan fingerprint density at radius 1 is 1.50 bits per heavy atom. The van der Waals surface area contributed by atoms with Crippen molar-refractivity contribution >= 4 is 34.7 Å². The molecule has 1 aliphatic carbocycles. The number of thiophene rings is 1. The van der Waals surface area contributed by atoms with E-state index in [0.29, 0.717) is 10.6 Å². The fourth-order valence-electron chi connectivity index (χ4n) is 2.47. The van der Waals surface area contributed by atoms with Gasteiger partial charge in [-0.1, -0.05) is 19.3 Å². The van der Waals surface area contributed by atoms with E-state index in [1.165, 1.54) is 43.4 Å². The zero-order valence-electron chi connectivity index (χ0n) is 10.7. The van der Waals surface area contributed by atoms with Crippen molar-refractivity contribution in [1.29, 1.82) is 0 Å². The second-order valence-electron chi connectivity index (χ2n) is 4.84. The number of rotatable bonds is 4. The number of hydrogen-bond donors (Lipinski definition) is 2. The highest BCUT2D eigenvalue weighted by atomic mass is 32.2. The summed E-state index contributed by atoms with van der Waals surface area (Å²) in [6.07, 6.45) is 8.43. The van der Waals surface area contributed by atoms with E-state index in [0.717, 1.165) is 6.54 Å². The Balaban J connectivity index is 1.94. The lowest BCUT2D eigenvalue weighted by Crippen LogP contribution is -2.41. The molecule has 0 unspecified atom stereocenters. The maximum absolute atomic E-state index is 12.0. The molecule has 1 saturated carbocycles. The molecule has 18 heavy (non-hydrogen) atoms. The summed E-state index contributed by atoms with van der Waals surface area (Å²) in [6, 6.07) is 1.78. The average molecular weight is 284 g/mol. The van der Waals surface area contributed by atoms with Gasteiger partial charge in [-0.05, 0) is 30.5 Å². The van der Waals surface area contributed by atoms with Crippen LogP contribution < -0.4 is 11.1 Å². The van der Waals surface area contributed by atoms with E-state index in [9.17, 15) is 4.79 Å². The van der Waals surface area contributed by atoms with Gasteiger partial charge in [0, 0.05) is 11.3 Å². The molecule has 3 N–H and O–H groups in total. The molecule has 1 amide bonds. The van der Waals surface area contributed by atoms with Gasteiger partial charge in [0.2, 0.25) is 0 Å². The van der Waals surface area contributed by atoms with Gasteiger partial charge in [-0.15, -0.1) is 11.3 Å². The molecule has 5 heteroatoms. The van der Waals surface area contributed by atoms with E-state index in [2.05, 4.69) is 11.6 Å². The highest BCUT2D eigenvalue weighted by molar-refractivity contribution is 8.00. The van der Waals surface area contributed by atoms with E-state index in [-0.39, 0.29) is 10.7 Å². The van der Waals surface area contributed by atoms with Gasteiger partial charge in [0.1, 0.15) is 4.88 Å². The summed E-state index contributed by atoms with van der Waals surface area (Å²) in [5.74, 6) is -0.0264. The monoisotopic (exact) mass is 284 g/mol. The van der Waals surface area contributed by atoms with Crippen molar-refractivity contribution in [2.45, 2.75) is 36.9 Å².